The summed E-state index contributed by atoms with van der Waals surface area (Å²) in [5, 5.41) is 10.8. The predicted molar refractivity (Wildman–Crippen MR) is 198 cm³/mol. The highest BCUT2D eigenvalue weighted by molar-refractivity contribution is 6.35. The Hall–Kier alpha value is -4.48. The number of allylic oxidation sites excluding steroid dienone is 1. The highest BCUT2D eigenvalue weighted by Gasteiger charge is 2.23. The number of fused-ring (bicyclic) bond motifs is 2. The normalized spacial score (nSPS) is 11.1. The first-order chi connectivity index (χ1) is 23.8. The van der Waals surface area contributed by atoms with Crippen molar-refractivity contribution < 1.29 is 19.1 Å². The van der Waals surface area contributed by atoms with Crippen LogP contribution in [0.25, 0.3) is 39.4 Å². The summed E-state index contributed by atoms with van der Waals surface area (Å²) in [4.78, 5) is 33.4. The molecule has 4 heterocycles. The fourth-order valence-electron chi connectivity index (χ4n) is 5.41. The second-order valence-electron chi connectivity index (χ2n) is 11.4. The number of rotatable bonds is 8. The van der Waals surface area contributed by atoms with E-state index in [0.29, 0.717) is 65.9 Å². The minimum atomic E-state index is -0.453. The molecule has 0 aliphatic rings. The van der Waals surface area contributed by atoms with E-state index in [2.05, 4.69) is 26.7 Å². The minimum absolute atomic E-state index is 0.0723. The predicted octanol–water partition coefficient (Wildman–Crippen LogP) is 9.92. The molecule has 0 saturated heterocycles. The van der Waals surface area contributed by atoms with E-state index in [1.54, 1.807) is 71.7 Å². The number of ether oxygens (including phenoxy) is 2. The second-order valence-corrected chi connectivity index (χ2v) is 13.1. The third-order valence-corrected chi connectivity index (χ3v) is 8.29. The molecular weight excluding hydrogens is 722 g/mol. The third kappa shape index (κ3) is 7.63. The van der Waals surface area contributed by atoms with E-state index in [1.807, 2.05) is 20.8 Å². The maximum absolute atomic E-state index is 12.2. The molecule has 0 bridgehead atoms. The summed E-state index contributed by atoms with van der Waals surface area (Å²) >= 11 is 24.4. The second kappa shape index (κ2) is 15.6. The van der Waals surface area contributed by atoms with E-state index in [9.17, 15) is 9.59 Å². The number of hydrogen-bond acceptors (Lipinski definition) is 8. The SMILES string of the molecule is C=C(C)c1c(C(=O)OCC)cnn2c(-c3cc(Cl)cc(Cl)c3)cnc12.CCOC(=O)c1cnn2c(-c3cc(Cl)cc(Cl)c3)cnc2c1C(C)C. The highest BCUT2D eigenvalue weighted by Crippen LogP contribution is 2.32. The molecule has 0 N–H and O–H groups in total. The molecule has 0 saturated carbocycles. The van der Waals surface area contributed by atoms with Crippen molar-refractivity contribution in [3.8, 4) is 22.5 Å². The van der Waals surface area contributed by atoms with Crippen molar-refractivity contribution >= 4 is 75.2 Å². The van der Waals surface area contributed by atoms with Crippen LogP contribution in [0.2, 0.25) is 20.1 Å². The number of aromatic nitrogens is 6. The lowest BCUT2D eigenvalue weighted by atomic mass is 10.00. The van der Waals surface area contributed by atoms with E-state index in [-0.39, 0.29) is 12.5 Å². The first-order valence-corrected chi connectivity index (χ1v) is 17.0. The van der Waals surface area contributed by atoms with Crippen LogP contribution in [0.15, 0.2) is 67.8 Å². The summed E-state index contributed by atoms with van der Waals surface area (Å²) in [5.74, 6) is -0.773. The number of carbonyl (C=O) groups excluding carboxylic acids is 2. The maximum atomic E-state index is 12.2. The first-order valence-electron chi connectivity index (χ1n) is 15.5. The number of nitrogens with zero attached hydrogens (tertiary/aromatic N) is 6. The smallest absolute Gasteiger partial charge is 0.340 e. The zero-order valence-electron chi connectivity index (χ0n) is 27.8. The van der Waals surface area contributed by atoms with Gasteiger partial charge in [-0.2, -0.15) is 10.2 Å². The van der Waals surface area contributed by atoms with Gasteiger partial charge in [0.15, 0.2) is 11.3 Å². The van der Waals surface area contributed by atoms with Crippen molar-refractivity contribution in [2.75, 3.05) is 13.2 Å². The lowest BCUT2D eigenvalue weighted by Crippen LogP contribution is -2.12. The van der Waals surface area contributed by atoms with Gasteiger partial charge in [-0.15, -0.1) is 0 Å². The monoisotopic (exact) mass is 752 g/mol. The molecule has 50 heavy (non-hydrogen) atoms. The van der Waals surface area contributed by atoms with Crippen LogP contribution in [0.5, 0.6) is 0 Å². The van der Waals surface area contributed by atoms with Gasteiger partial charge in [-0.1, -0.05) is 66.8 Å². The van der Waals surface area contributed by atoms with Crippen molar-refractivity contribution in [3.05, 3.63) is 110 Å². The molecule has 0 unspecified atom stereocenters. The lowest BCUT2D eigenvalue weighted by Gasteiger charge is -2.13. The zero-order valence-corrected chi connectivity index (χ0v) is 30.8. The summed E-state index contributed by atoms with van der Waals surface area (Å²) < 4.78 is 13.6. The lowest BCUT2D eigenvalue weighted by molar-refractivity contribution is 0.0515. The van der Waals surface area contributed by atoms with Crippen molar-refractivity contribution in [2.24, 2.45) is 0 Å². The van der Waals surface area contributed by atoms with Crippen molar-refractivity contribution in [1.29, 1.82) is 0 Å². The summed E-state index contributed by atoms with van der Waals surface area (Å²) in [6, 6.07) is 10.5. The van der Waals surface area contributed by atoms with Crippen LogP contribution in [0.1, 0.15) is 72.4 Å². The average Bonchev–Trinajstić information content (AvgIpc) is 3.68. The van der Waals surface area contributed by atoms with Crippen LogP contribution in [0, 0.1) is 0 Å². The molecule has 2 aromatic carbocycles. The van der Waals surface area contributed by atoms with Crippen LogP contribution in [0.3, 0.4) is 0 Å². The molecule has 0 aliphatic heterocycles. The molecule has 0 fully saturated rings. The zero-order chi connectivity index (χ0) is 36.3. The first kappa shape index (κ1) is 36.8. The van der Waals surface area contributed by atoms with E-state index in [4.69, 9.17) is 55.9 Å². The summed E-state index contributed by atoms with van der Waals surface area (Å²) in [6.45, 7) is 13.9. The van der Waals surface area contributed by atoms with Crippen LogP contribution < -0.4 is 0 Å². The largest absolute Gasteiger partial charge is 0.462 e. The van der Waals surface area contributed by atoms with Crippen LogP contribution >= 0.6 is 46.4 Å². The maximum Gasteiger partial charge on any atom is 0.340 e. The van der Waals surface area contributed by atoms with Crippen LogP contribution in [-0.2, 0) is 9.47 Å². The molecule has 6 rings (SSSR count). The van der Waals surface area contributed by atoms with Gasteiger partial charge in [-0.3, -0.25) is 0 Å². The molecule has 0 spiro atoms. The molecule has 0 atom stereocenters. The summed E-state index contributed by atoms with van der Waals surface area (Å²) in [6.07, 6.45) is 6.35. The Morgan fingerprint density at radius 3 is 1.56 bits per heavy atom. The van der Waals surface area contributed by atoms with E-state index < -0.39 is 11.9 Å². The average molecular weight is 755 g/mol. The molecule has 4 aromatic heterocycles. The van der Waals surface area contributed by atoms with Gasteiger partial charge in [0.25, 0.3) is 0 Å². The summed E-state index contributed by atoms with van der Waals surface area (Å²) in [7, 11) is 0. The van der Waals surface area contributed by atoms with Gasteiger partial charge >= 0.3 is 11.9 Å². The number of benzene rings is 2. The van der Waals surface area contributed by atoms with Crippen LogP contribution in [0.4, 0.5) is 0 Å². The molecule has 0 radical (unpaired) electrons. The molecule has 0 amide bonds. The Bertz CT molecular complexity index is 2220. The molecule has 10 nitrogen and oxygen atoms in total. The molecular formula is C36H32Cl4N6O4. The molecule has 6 aromatic rings. The van der Waals surface area contributed by atoms with Gasteiger partial charge < -0.3 is 9.47 Å². The number of carbonyl (C=O) groups is 2. The Balaban J connectivity index is 0.000000194. The number of esters is 2. The fraction of sp³-hybridized carbons (Fsp3) is 0.222. The van der Waals surface area contributed by atoms with Gasteiger partial charge in [0.2, 0.25) is 0 Å². The van der Waals surface area contributed by atoms with E-state index >= 15 is 0 Å². The summed E-state index contributed by atoms with van der Waals surface area (Å²) in [5.41, 5.74) is 7.03. The van der Waals surface area contributed by atoms with Crippen molar-refractivity contribution in [2.45, 2.75) is 40.5 Å². The molecule has 14 heteroatoms. The Labute approximate surface area is 308 Å². The quantitative estimate of drug-likeness (QED) is 0.141. The molecule has 258 valence electrons. The fourth-order valence-corrected chi connectivity index (χ4v) is 6.46. The highest BCUT2D eigenvalue weighted by atomic mass is 35.5. The Morgan fingerprint density at radius 1 is 0.700 bits per heavy atom. The topological polar surface area (TPSA) is 113 Å². The van der Waals surface area contributed by atoms with Gasteiger partial charge in [-0.25, -0.2) is 28.6 Å². The van der Waals surface area contributed by atoms with Crippen LogP contribution in [-0.4, -0.2) is 54.3 Å². The van der Waals surface area contributed by atoms with Gasteiger partial charge in [-0.05, 0) is 68.7 Å². The van der Waals surface area contributed by atoms with E-state index in [0.717, 1.165) is 22.4 Å². The standard InChI is InChI=1S/C18H17Cl2N3O2.C18H15Cl2N3O2/c2*1-4-25-18(24)14-8-22-23-15(9-21-17(23)16(14)10(2)3)11-5-12(19)7-13(20)6-11/h5-10H,4H2,1-3H3;5-9H,2,4H2,1,3H3. The minimum Gasteiger partial charge on any atom is -0.462 e. The van der Waals surface area contributed by atoms with Crippen molar-refractivity contribution in [3.63, 3.8) is 0 Å². The number of halogens is 4. The van der Waals surface area contributed by atoms with Gasteiger partial charge in [0.05, 0.1) is 60.5 Å². The van der Waals surface area contributed by atoms with E-state index in [1.165, 1.54) is 12.4 Å². The number of imidazole rings is 2. The molecule has 0 aliphatic carbocycles. The van der Waals surface area contributed by atoms with Crippen molar-refractivity contribution in [1.82, 2.24) is 29.2 Å². The van der Waals surface area contributed by atoms with Gasteiger partial charge in [0.1, 0.15) is 0 Å². The number of hydrogen-bond donors (Lipinski definition) is 0. The Kier molecular flexibility index (Phi) is 11.5. The van der Waals surface area contributed by atoms with Gasteiger partial charge in [0, 0.05) is 42.3 Å². The Morgan fingerprint density at radius 2 is 1.12 bits per heavy atom. The third-order valence-electron chi connectivity index (χ3n) is 7.42.